The number of allylic oxidation sites excluding steroid dienone is 1. The summed E-state index contributed by atoms with van der Waals surface area (Å²) >= 11 is 0. The molecule has 0 spiro atoms. The maximum absolute atomic E-state index is 14.3. The molecule has 1 atom stereocenters. The molecular weight excluding hydrogens is 486 g/mol. The van der Waals surface area contributed by atoms with Crippen LogP contribution in [0.1, 0.15) is 61.5 Å². The second kappa shape index (κ2) is 10.0. The summed E-state index contributed by atoms with van der Waals surface area (Å²) in [4.78, 5) is 8.92. The second-order valence-corrected chi connectivity index (χ2v) is 10.7. The van der Waals surface area contributed by atoms with Crippen LogP contribution in [-0.4, -0.2) is 30.3 Å². The van der Waals surface area contributed by atoms with E-state index in [4.69, 9.17) is 9.90 Å². The number of nitrogens with zero attached hydrogens (tertiary/aromatic N) is 1. The van der Waals surface area contributed by atoms with E-state index in [0.717, 1.165) is 73.5 Å². The van der Waals surface area contributed by atoms with E-state index in [1.165, 1.54) is 12.1 Å². The Hall–Kier alpha value is -2.88. The van der Waals surface area contributed by atoms with E-state index in [2.05, 4.69) is 0 Å². The molecule has 0 saturated carbocycles. The minimum Gasteiger partial charge on any atom is -0.481 e. The monoisotopic (exact) mass is 513 g/mol. The van der Waals surface area contributed by atoms with Crippen molar-refractivity contribution in [1.82, 2.24) is 4.57 Å². The van der Waals surface area contributed by atoms with Crippen LogP contribution in [0.2, 0.25) is 0 Å². The third-order valence-corrected chi connectivity index (χ3v) is 7.19. The van der Waals surface area contributed by atoms with Gasteiger partial charge in [0.25, 0.3) is 5.97 Å². The molecule has 1 aromatic heterocycles. The number of benzene rings is 1. The van der Waals surface area contributed by atoms with Gasteiger partial charge in [0.15, 0.2) is 9.84 Å². The first-order valence-corrected chi connectivity index (χ1v) is 13.0. The van der Waals surface area contributed by atoms with Crippen LogP contribution in [-0.2, 0) is 33.6 Å². The fourth-order valence-corrected chi connectivity index (χ4v) is 5.50. The van der Waals surface area contributed by atoms with Crippen molar-refractivity contribution >= 4 is 26.8 Å². The number of carboxylic acids is 1. The van der Waals surface area contributed by atoms with Crippen molar-refractivity contribution in [2.75, 3.05) is 6.26 Å². The number of fused-ring (bicyclic) bond motifs is 3. The summed E-state index contributed by atoms with van der Waals surface area (Å²) in [7, 11) is -3.75. The molecule has 1 heterocycles. The molecular formula is C25H27F4NO4S. The molecule has 1 N–H and O–H groups in total. The van der Waals surface area contributed by atoms with E-state index in [1.54, 1.807) is 6.08 Å². The number of carboxylic acid groups (broad SMARTS) is 1. The van der Waals surface area contributed by atoms with Crippen molar-refractivity contribution in [3.8, 4) is 0 Å². The number of rotatable bonds is 3. The molecule has 1 aromatic carbocycles. The van der Waals surface area contributed by atoms with Gasteiger partial charge in [-0.2, -0.15) is 13.2 Å². The lowest BCUT2D eigenvalue weighted by atomic mass is 9.96. The first kappa shape index (κ1) is 26.7. The summed E-state index contributed by atoms with van der Waals surface area (Å²) in [6.45, 7) is 2.92. The third-order valence-electron chi connectivity index (χ3n) is 6.08. The van der Waals surface area contributed by atoms with Gasteiger partial charge in [-0.05, 0) is 61.9 Å². The molecule has 10 heteroatoms. The van der Waals surface area contributed by atoms with Gasteiger partial charge in [0.1, 0.15) is 5.83 Å². The molecule has 2 aromatic rings. The van der Waals surface area contributed by atoms with Crippen molar-refractivity contribution in [1.29, 1.82) is 0 Å². The van der Waals surface area contributed by atoms with Gasteiger partial charge in [-0.15, -0.1) is 0 Å². The van der Waals surface area contributed by atoms with E-state index >= 15 is 0 Å². The zero-order chi connectivity index (χ0) is 26.1. The quantitative estimate of drug-likeness (QED) is 0.622. The van der Waals surface area contributed by atoms with Crippen LogP contribution in [0, 0.1) is 0 Å². The Kier molecular flexibility index (Phi) is 7.64. The maximum atomic E-state index is 14.3. The summed E-state index contributed by atoms with van der Waals surface area (Å²) < 4.78 is 80.4. The zero-order valence-electron chi connectivity index (χ0n) is 19.6. The molecule has 4 rings (SSSR count). The number of alkyl halides is 3. The predicted molar refractivity (Wildman–Crippen MR) is 125 cm³/mol. The van der Waals surface area contributed by atoms with Gasteiger partial charge in [0.05, 0.1) is 21.9 Å². The van der Waals surface area contributed by atoms with Gasteiger partial charge in [-0.1, -0.05) is 18.2 Å². The maximum Gasteiger partial charge on any atom is 0.416 e. The molecule has 0 radical (unpaired) electrons. The standard InChI is InChI=1S/C23H23F4NO2S.C2H4O2/c1-14(15-7-9-16(10-8-15)23(25,26)27)28-20-6-4-3-5-18(20)19-12-11-17(24)13-21(22(19)28)31(2,29)30;1-2(3)4/h7-10,12-14H,3-6,11H2,1-2H3;1H3,(H,3,4)/t14-;/m0./s1. The highest BCUT2D eigenvalue weighted by Crippen LogP contribution is 2.31. The first-order chi connectivity index (χ1) is 16.2. The lowest BCUT2D eigenvalue weighted by Crippen LogP contribution is -2.35. The van der Waals surface area contributed by atoms with E-state index in [1.807, 2.05) is 11.5 Å². The largest absolute Gasteiger partial charge is 0.481 e. The Morgan fingerprint density at radius 1 is 1.11 bits per heavy atom. The topological polar surface area (TPSA) is 76.4 Å². The normalized spacial score (nSPS) is 16.5. The van der Waals surface area contributed by atoms with Crippen LogP contribution >= 0.6 is 0 Å². The van der Waals surface area contributed by atoms with E-state index in [0.29, 0.717) is 10.9 Å². The minimum atomic E-state index is -4.43. The number of hydrogen-bond donors (Lipinski definition) is 1. The fraction of sp³-hybridized carbons (Fsp3) is 0.400. The van der Waals surface area contributed by atoms with E-state index < -0.39 is 39.4 Å². The lowest BCUT2D eigenvalue weighted by molar-refractivity contribution is -0.137. The number of halogens is 4. The van der Waals surface area contributed by atoms with Crippen molar-refractivity contribution in [3.05, 3.63) is 69.1 Å². The van der Waals surface area contributed by atoms with Crippen LogP contribution in [0.15, 0.2) is 36.2 Å². The third kappa shape index (κ3) is 5.86. The lowest BCUT2D eigenvalue weighted by Gasteiger charge is -2.22. The number of aromatic nitrogens is 1. The highest BCUT2D eigenvalue weighted by molar-refractivity contribution is 7.99. The van der Waals surface area contributed by atoms with Gasteiger partial charge in [0, 0.05) is 30.5 Å². The van der Waals surface area contributed by atoms with Crippen molar-refractivity contribution in [2.45, 2.75) is 58.2 Å². The second-order valence-electron chi connectivity index (χ2n) is 8.72. The highest BCUT2D eigenvalue weighted by atomic mass is 32.2. The van der Waals surface area contributed by atoms with Crippen LogP contribution < -0.4 is 10.6 Å². The highest BCUT2D eigenvalue weighted by Gasteiger charge is 2.31. The van der Waals surface area contributed by atoms with Gasteiger partial charge in [-0.25, -0.2) is 12.8 Å². The molecule has 35 heavy (non-hydrogen) atoms. The molecule has 190 valence electrons. The number of aliphatic carboxylic acids is 1. The minimum absolute atomic E-state index is 0.0110. The Morgan fingerprint density at radius 3 is 2.23 bits per heavy atom. The Labute approximate surface area is 201 Å². The molecule has 0 unspecified atom stereocenters. The van der Waals surface area contributed by atoms with E-state index in [9.17, 15) is 26.0 Å². The Balaban J connectivity index is 0.000000795. The number of sulfone groups is 1. The molecule has 0 saturated heterocycles. The summed E-state index contributed by atoms with van der Waals surface area (Å²) in [5, 5.41) is 8.59. The molecule has 0 amide bonds. The fourth-order valence-electron chi connectivity index (χ4n) is 4.60. The van der Waals surface area contributed by atoms with Gasteiger partial charge < -0.3 is 9.67 Å². The summed E-state index contributed by atoms with van der Waals surface area (Å²) in [6.07, 6.45) is 2.85. The van der Waals surface area contributed by atoms with Crippen molar-refractivity contribution < 1.29 is 35.9 Å². The predicted octanol–water partition coefficient (Wildman–Crippen LogP) is 4.28. The van der Waals surface area contributed by atoms with E-state index in [-0.39, 0.29) is 11.3 Å². The number of carbonyl (C=O) groups is 1. The summed E-state index contributed by atoms with van der Waals surface area (Å²) in [5.41, 5.74) is 1.89. The first-order valence-electron chi connectivity index (χ1n) is 11.1. The van der Waals surface area contributed by atoms with Crippen LogP contribution in [0.4, 0.5) is 17.6 Å². The Bertz CT molecular complexity index is 1380. The summed E-state index contributed by atoms with van der Waals surface area (Å²) in [5.74, 6) is -1.37. The van der Waals surface area contributed by atoms with Gasteiger partial charge >= 0.3 is 6.18 Å². The zero-order valence-corrected chi connectivity index (χ0v) is 20.4. The summed E-state index contributed by atoms with van der Waals surface area (Å²) in [6, 6.07) is 4.50. The molecule has 0 aliphatic heterocycles. The molecule has 2 aliphatic rings. The van der Waals surface area contributed by atoms with Crippen molar-refractivity contribution in [3.63, 3.8) is 0 Å². The van der Waals surface area contributed by atoms with Gasteiger partial charge in [-0.3, -0.25) is 4.79 Å². The van der Waals surface area contributed by atoms with Crippen LogP contribution in [0.3, 0.4) is 0 Å². The smallest absolute Gasteiger partial charge is 0.416 e. The average Bonchev–Trinajstić information content (AvgIpc) is 2.96. The molecule has 0 fully saturated rings. The SMILES string of the molecule is CC(=O)O.C[C@@H](c1ccc(C(F)(F)F)cc1)n1c2c(c3c1=C(S(C)(=O)=O)C=C(F)CC=3)CCCC2. The molecule has 2 aliphatic carbocycles. The number of hydrogen-bond acceptors (Lipinski definition) is 3. The van der Waals surface area contributed by atoms with Gasteiger partial charge in [0.2, 0.25) is 0 Å². The van der Waals surface area contributed by atoms with Crippen molar-refractivity contribution in [2.24, 2.45) is 0 Å². The van der Waals surface area contributed by atoms with Crippen LogP contribution in [0.25, 0.3) is 11.0 Å². The molecule has 5 nitrogen and oxygen atoms in total. The Morgan fingerprint density at radius 2 is 1.69 bits per heavy atom. The molecule has 0 bridgehead atoms. The van der Waals surface area contributed by atoms with Crippen LogP contribution in [0.5, 0.6) is 0 Å². The average molecular weight is 514 g/mol.